The zero-order valence-electron chi connectivity index (χ0n) is 77.1. The van der Waals surface area contributed by atoms with Crippen molar-refractivity contribution >= 4 is 122 Å². The van der Waals surface area contributed by atoms with E-state index in [4.69, 9.17) is 68.3 Å². The molecule has 5 aromatic carbocycles. The number of hydrogen-bond donors (Lipinski definition) is 15. The van der Waals surface area contributed by atoms with Gasteiger partial charge in [-0.1, -0.05) is 121 Å². The van der Waals surface area contributed by atoms with Crippen molar-refractivity contribution in [3.63, 3.8) is 0 Å². The number of hydrogen-bond acceptors (Lipinski definition) is 33. The lowest BCUT2D eigenvalue weighted by Crippen LogP contribution is -2.53. The van der Waals surface area contributed by atoms with E-state index in [2.05, 4.69) is 78.5 Å². The zero-order chi connectivity index (χ0) is 96.2. The molecule has 36 nitrogen and oxygen atoms in total. The summed E-state index contributed by atoms with van der Waals surface area (Å²) in [6.45, 7) is 9.84. The average Bonchev–Trinajstić information content (AvgIpc) is 0.712. The molecule has 17 N–H and O–H groups in total. The van der Waals surface area contributed by atoms with Crippen molar-refractivity contribution < 1.29 is 141 Å². The van der Waals surface area contributed by atoms with Crippen molar-refractivity contribution in [3.8, 4) is 34.5 Å². The monoisotopic (exact) mass is 2160 g/mol. The van der Waals surface area contributed by atoms with Crippen molar-refractivity contribution in [1.82, 2.24) is 16.2 Å². The minimum atomic E-state index is -2.18. The fraction of sp³-hybridized carbons (Fsp3) is 0.589. The number of phenols is 4. The number of benzene rings is 5. The number of aliphatic hydroxyl groups excluding tert-OH is 4. The van der Waals surface area contributed by atoms with E-state index in [1.807, 2.05) is 19.1 Å². The van der Waals surface area contributed by atoms with Crippen LogP contribution in [0.4, 0.5) is 0 Å². The normalized spacial score (nSPS) is 22.3. The molecule has 0 saturated carbocycles. The summed E-state index contributed by atoms with van der Waals surface area (Å²) in [5, 5.41) is 125. The maximum atomic E-state index is 14.0. The lowest BCUT2D eigenvalue weighted by molar-refractivity contribution is -0.246. The summed E-state index contributed by atoms with van der Waals surface area (Å²) in [4.78, 5) is 94.1. The first-order valence-electron chi connectivity index (χ1n) is 45.7. The van der Waals surface area contributed by atoms with Gasteiger partial charge in [0.05, 0.1) is 200 Å². The molecule has 2 saturated heterocycles. The Bertz CT molecular complexity index is 4890. The number of methoxy groups -OCH3 is 2. The summed E-state index contributed by atoms with van der Waals surface area (Å²) >= 11 is 4.38. The van der Waals surface area contributed by atoms with Gasteiger partial charge in [-0.05, 0) is 102 Å². The van der Waals surface area contributed by atoms with Gasteiger partial charge >= 0.3 is 0 Å². The second-order valence-electron chi connectivity index (χ2n) is 34.1. The van der Waals surface area contributed by atoms with Gasteiger partial charge in [0.2, 0.25) is 23.4 Å². The molecule has 2 aliphatic heterocycles. The number of halogens is 4. The maximum absolute atomic E-state index is 14.0. The molecule has 5 aromatic rings. The van der Waals surface area contributed by atoms with Crippen LogP contribution >= 0.6 is 70.0 Å². The molecule has 2 fully saturated rings. The van der Waals surface area contributed by atoms with E-state index >= 15 is 0 Å². The number of aryl methyl sites for hydroxylation is 1. The Labute approximate surface area is 825 Å². The van der Waals surface area contributed by atoms with Gasteiger partial charge in [-0.15, -0.1) is 24.8 Å². The molecular formula is C95H131Cl2I2N7O29. The molecule has 40 heteroatoms. The number of phenolic OH excluding ortho intramolecular Hbond substituents is 4. The van der Waals surface area contributed by atoms with Crippen LogP contribution in [0.5, 0.6) is 34.5 Å². The number of carbonyl (C=O) groups is 7. The number of amides is 3. The highest BCUT2D eigenvalue weighted by atomic mass is 127. The number of ether oxygens (including phenoxy) is 12. The third-order valence-corrected chi connectivity index (χ3v) is 26.7. The molecule has 4 aliphatic carbocycles. The van der Waals surface area contributed by atoms with E-state index in [1.54, 1.807) is 13.8 Å². The standard InChI is InChI=1S/C50H64I2N4O18.C45H65N3O11.2ClH/c1-27-21-29(51)22-31(43(27)52)49(64)54-8-10-68-12-14-70-16-18-72-20-19-71-17-15-69-13-11-67-9-7-37(58)56-55-36(26-57)50(65)24-32-40(35(25-50)74-38-23-33(53)44(59)28(2)73-38)48(63)42-41(46(32)61)45(60)30-5-4-6-34(66-3)39(30)47(42)62;1-4-5-6-7-8-9-10-11-12-13-14-15-16-17-18-22-34(50)48-47-33(26-49)45(56)24-29-37(32(25-45)59-35-23-30(46)40(51)27(2)58-35)44(55)39-38(42(29)53)41(52)28-20-19-21-31(57-3)36(28)43(39)54;;/h4-6,21-22,28,33,35,38,44,57,59,61,63,65H,7-20,23-26,53H2,1-3H3,(H,54,64)(H,56,58);19-21,27,30,32,35,40,49,51,53,55-56H,4-18,22-26,46H2,1-3H3,(H,48,50);2*1H/b55-36+;47-33+;;/t28?,33-,35+,38+,44-,50-;27?,30-,32+,35+,40-,45-;;/m11../s1. The minimum Gasteiger partial charge on any atom is -0.507 e. The van der Waals surface area contributed by atoms with Gasteiger partial charge in [0.15, 0.2) is 24.1 Å². The first kappa shape index (κ1) is 113. The summed E-state index contributed by atoms with van der Waals surface area (Å²) in [6, 6.07) is 11.2. The Morgan fingerprint density at radius 1 is 0.504 bits per heavy atom. The molecule has 2 heterocycles. The highest BCUT2D eigenvalue weighted by Gasteiger charge is 2.53. The number of nitrogens with one attached hydrogen (secondary N) is 3. The Morgan fingerprint density at radius 3 is 1.24 bits per heavy atom. The van der Waals surface area contributed by atoms with E-state index in [0.717, 1.165) is 32.0 Å². The van der Waals surface area contributed by atoms with Crippen LogP contribution < -0.4 is 37.1 Å². The van der Waals surface area contributed by atoms with Crippen LogP contribution in [0.15, 0.2) is 58.7 Å². The van der Waals surface area contributed by atoms with Crippen LogP contribution in [-0.2, 0) is 69.8 Å². The van der Waals surface area contributed by atoms with Crippen molar-refractivity contribution in [2.75, 3.05) is 113 Å². The van der Waals surface area contributed by atoms with Crippen LogP contribution in [0.3, 0.4) is 0 Å². The number of nitrogens with two attached hydrogens (primary N) is 2. The van der Waals surface area contributed by atoms with Crippen LogP contribution in [-0.4, -0.2) is 277 Å². The number of nitrogens with zero attached hydrogens (tertiary/aromatic N) is 2. The molecule has 12 atom stereocenters. The molecule has 135 heavy (non-hydrogen) atoms. The molecule has 11 rings (SSSR count). The molecular weight excluding hydrogens is 2030 g/mol. The molecule has 6 aliphatic rings. The van der Waals surface area contributed by atoms with Crippen molar-refractivity contribution in [2.45, 2.75) is 248 Å². The van der Waals surface area contributed by atoms with Gasteiger partial charge in [-0.25, -0.2) is 10.9 Å². The predicted octanol–water partition coefficient (Wildman–Crippen LogP) is 9.35. The Hall–Kier alpha value is -7.35. The summed E-state index contributed by atoms with van der Waals surface area (Å²) in [7, 11) is 2.66. The highest BCUT2D eigenvalue weighted by Crippen LogP contribution is 2.55. The number of fused-ring (bicyclic) bond motifs is 6. The second-order valence-corrected chi connectivity index (χ2v) is 36.4. The summed E-state index contributed by atoms with van der Waals surface area (Å²) < 4.78 is 70.1. The number of aromatic hydroxyl groups is 4. The number of rotatable bonds is 50. The first-order chi connectivity index (χ1) is 63.9. The Balaban J connectivity index is 0.000000335. The molecule has 748 valence electrons. The highest BCUT2D eigenvalue weighted by molar-refractivity contribution is 14.1. The molecule has 3 amide bonds. The lowest BCUT2D eigenvalue weighted by atomic mass is 9.71. The quantitative estimate of drug-likeness (QED) is 0.00555. The van der Waals surface area contributed by atoms with Crippen LogP contribution in [0.1, 0.15) is 270 Å². The third-order valence-electron chi connectivity index (χ3n) is 24.6. The van der Waals surface area contributed by atoms with Gasteiger partial charge < -0.3 is 125 Å². The third kappa shape index (κ3) is 29.2. The Kier molecular flexibility index (Phi) is 46.0. The maximum Gasteiger partial charge on any atom is 0.252 e. The average molecular weight is 2160 g/mol. The Morgan fingerprint density at radius 2 is 0.867 bits per heavy atom. The van der Waals surface area contributed by atoms with Crippen LogP contribution in [0.25, 0.3) is 0 Å². The number of hydrazone groups is 2. The fourth-order valence-corrected chi connectivity index (χ4v) is 18.7. The van der Waals surface area contributed by atoms with E-state index in [1.165, 1.54) is 121 Å². The molecule has 0 bridgehead atoms. The smallest absolute Gasteiger partial charge is 0.252 e. The second kappa shape index (κ2) is 55.0. The van der Waals surface area contributed by atoms with Gasteiger partial charge in [0.1, 0.15) is 45.7 Å². The molecule has 0 radical (unpaired) electrons. The van der Waals surface area contributed by atoms with Crippen LogP contribution in [0.2, 0.25) is 0 Å². The summed E-state index contributed by atoms with van der Waals surface area (Å²) in [6.07, 6.45) is 7.74. The largest absolute Gasteiger partial charge is 0.507 e. The molecule has 0 aromatic heterocycles. The summed E-state index contributed by atoms with van der Waals surface area (Å²) in [5.74, 6) is -6.76. The molecule has 2 unspecified atom stereocenters. The van der Waals surface area contributed by atoms with Gasteiger partial charge in [-0.3, -0.25) is 33.6 Å². The number of aliphatic hydroxyl groups is 6. The van der Waals surface area contributed by atoms with Crippen molar-refractivity contribution in [2.24, 2.45) is 21.7 Å². The van der Waals surface area contributed by atoms with E-state index in [-0.39, 0.29) is 150 Å². The van der Waals surface area contributed by atoms with E-state index < -0.39 is 185 Å². The van der Waals surface area contributed by atoms with Gasteiger partial charge in [-0.2, -0.15) is 10.2 Å². The van der Waals surface area contributed by atoms with Gasteiger partial charge in [0.25, 0.3) is 5.91 Å². The topological polar surface area (TPSA) is 545 Å². The predicted molar refractivity (Wildman–Crippen MR) is 517 cm³/mol. The number of carbonyl (C=O) groups excluding carboxylic acids is 7. The zero-order valence-corrected chi connectivity index (χ0v) is 83.1. The van der Waals surface area contributed by atoms with E-state index in [9.17, 15) is 84.6 Å². The van der Waals surface area contributed by atoms with Crippen LogP contribution in [0, 0.1) is 14.1 Å². The fourth-order valence-electron chi connectivity index (χ4n) is 17.4. The number of ketones is 4. The van der Waals surface area contributed by atoms with Gasteiger partial charge in [0, 0.05) is 104 Å². The van der Waals surface area contributed by atoms with Crippen molar-refractivity contribution in [3.05, 3.63) is 134 Å². The number of unbranched alkanes of at least 4 members (excludes halogenated alkanes) is 14. The minimum absolute atomic E-state index is 0. The molecule has 0 spiro atoms. The summed E-state index contributed by atoms with van der Waals surface area (Å²) in [5.41, 5.74) is 11.2. The van der Waals surface area contributed by atoms with Crippen molar-refractivity contribution in [1.29, 1.82) is 0 Å². The first-order valence-corrected chi connectivity index (χ1v) is 47.8. The van der Waals surface area contributed by atoms with E-state index in [0.29, 0.717) is 78.0 Å². The lowest BCUT2D eigenvalue weighted by Gasteiger charge is -2.43. The SMILES string of the molecule is CCCCCCCCCCCCCCCCCC(=O)N/N=C(\CO)[C@@]1(O)Cc2c(O)c3c(c(O)c2[C@@H](O[C@H]2C[C@@H](N)[C@H](O)C(C)O2)C1)C(=O)c1c(OC)cccc1C3=O.COc1cccc2c1C(=O)c1c(O)c3c(c(O)c1C2=O)C[C@](O)(/C(CO)=N/NC(=O)CCOCCOCCOCCOCCOCCOCCNC(=O)c1cc(I)cc(C)c1I)C[C@@H]3O[C@H]1C[C@@H](N)[C@H](O)C(C)O1.Cl.Cl.